The van der Waals surface area contributed by atoms with Crippen LogP contribution >= 0.6 is 0 Å². The first-order valence-corrected chi connectivity index (χ1v) is 4.49. The van der Waals surface area contributed by atoms with E-state index in [2.05, 4.69) is 15.4 Å². The third kappa shape index (κ3) is 1.17. The molecule has 74 valence electrons. The number of nitrogens with two attached hydrogens (primary N) is 1. The number of anilines is 1. The molecule has 0 saturated carbocycles. The van der Waals surface area contributed by atoms with Gasteiger partial charge in [0.25, 0.3) is 0 Å². The molecule has 0 bridgehead atoms. The van der Waals surface area contributed by atoms with Crippen molar-refractivity contribution in [1.82, 2.24) is 15.4 Å². The highest BCUT2D eigenvalue weighted by atomic mass is 16.5. The third-order valence-corrected chi connectivity index (χ3v) is 2.27. The van der Waals surface area contributed by atoms with Crippen LogP contribution in [0.5, 0.6) is 0 Å². The third-order valence-electron chi connectivity index (χ3n) is 2.27. The highest BCUT2D eigenvalue weighted by Crippen LogP contribution is 2.27. The van der Waals surface area contributed by atoms with Crippen LogP contribution in [0.15, 0.2) is 35.0 Å². The Kier molecular flexibility index (Phi) is 1.53. The van der Waals surface area contributed by atoms with Crippen LogP contribution in [0, 0.1) is 0 Å². The van der Waals surface area contributed by atoms with Gasteiger partial charge in [0, 0.05) is 17.0 Å². The van der Waals surface area contributed by atoms with E-state index in [0.29, 0.717) is 11.6 Å². The maximum atomic E-state index is 5.50. The number of benzene rings is 1. The Morgan fingerprint density at radius 3 is 3.07 bits per heavy atom. The van der Waals surface area contributed by atoms with Gasteiger partial charge in [0.2, 0.25) is 0 Å². The first-order chi connectivity index (χ1) is 7.34. The van der Waals surface area contributed by atoms with Gasteiger partial charge in [0.15, 0.2) is 11.6 Å². The second-order valence-electron chi connectivity index (χ2n) is 3.26. The maximum Gasteiger partial charge on any atom is 0.171 e. The monoisotopic (exact) mass is 200 g/mol. The topological polar surface area (TPSA) is 80.7 Å². The van der Waals surface area contributed by atoms with Gasteiger partial charge in [-0.15, -0.1) is 0 Å². The van der Waals surface area contributed by atoms with E-state index in [0.717, 1.165) is 16.5 Å². The Labute approximate surface area is 84.9 Å². The number of nitrogens with one attached hydrogen (secondary N) is 1. The molecule has 3 N–H and O–H groups in total. The van der Waals surface area contributed by atoms with E-state index in [9.17, 15) is 0 Å². The van der Waals surface area contributed by atoms with E-state index in [1.807, 2.05) is 18.2 Å². The first-order valence-electron chi connectivity index (χ1n) is 4.49. The summed E-state index contributed by atoms with van der Waals surface area (Å²) in [6.07, 6.45) is 1.76. The zero-order chi connectivity index (χ0) is 10.3. The van der Waals surface area contributed by atoms with Crippen molar-refractivity contribution in [2.45, 2.75) is 0 Å². The van der Waals surface area contributed by atoms with Gasteiger partial charge in [-0.05, 0) is 6.07 Å². The van der Waals surface area contributed by atoms with Gasteiger partial charge in [-0.1, -0.05) is 17.3 Å². The summed E-state index contributed by atoms with van der Waals surface area (Å²) in [5.41, 5.74) is 7.34. The molecule has 0 radical (unpaired) electrons. The SMILES string of the molecule is Nc1cc(-c2cccc3cn[nH]c23)on1. The lowest BCUT2D eigenvalue weighted by Gasteiger charge is -1.96. The van der Waals surface area contributed by atoms with Crippen LogP contribution in [0.3, 0.4) is 0 Å². The van der Waals surface area contributed by atoms with Gasteiger partial charge in [-0.25, -0.2) is 0 Å². The molecule has 5 heteroatoms. The van der Waals surface area contributed by atoms with Crippen LogP contribution in [0.2, 0.25) is 0 Å². The molecule has 1 aromatic carbocycles. The Bertz CT molecular complexity index is 610. The average molecular weight is 200 g/mol. The minimum absolute atomic E-state index is 0.376. The molecular formula is C10H8N4O. The Hall–Kier alpha value is -2.30. The molecule has 0 atom stereocenters. The average Bonchev–Trinajstić information content (AvgIpc) is 2.84. The number of nitrogen functional groups attached to an aromatic ring is 1. The number of aromatic nitrogens is 3. The number of aromatic amines is 1. The normalized spacial score (nSPS) is 10.9. The molecule has 0 aliphatic rings. The molecule has 0 aliphatic heterocycles. The molecule has 5 nitrogen and oxygen atoms in total. The van der Waals surface area contributed by atoms with E-state index >= 15 is 0 Å². The number of nitrogens with zero attached hydrogens (tertiary/aromatic N) is 2. The molecule has 0 spiro atoms. The van der Waals surface area contributed by atoms with Crippen molar-refractivity contribution in [3.63, 3.8) is 0 Å². The molecule has 0 aliphatic carbocycles. The quantitative estimate of drug-likeness (QED) is 0.627. The molecule has 0 fully saturated rings. The Morgan fingerprint density at radius 2 is 2.27 bits per heavy atom. The summed E-state index contributed by atoms with van der Waals surface area (Å²) in [6, 6.07) is 7.53. The standard InChI is InChI=1S/C10H8N4O/c11-9-4-8(15-14-9)7-3-1-2-6-5-12-13-10(6)7/h1-5H,(H2,11,14)(H,12,13). The van der Waals surface area contributed by atoms with Crippen LogP contribution in [0.4, 0.5) is 5.82 Å². The largest absolute Gasteiger partial charge is 0.381 e. The minimum Gasteiger partial charge on any atom is -0.381 e. The second-order valence-corrected chi connectivity index (χ2v) is 3.26. The number of hydrogen-bond acceptors (Lipinski definition) is 4. The van der Waals surface area contributed by atoms with Crippen molar-refractivity contribution < 1.29 is 4.52 Å². The van der Waals surface area contributed by atoms with Crippen molar-refractivity contribution in [1.29, 1.82) is 0 Å². The number of fused-ring (bicyclic) bond motifs is 1. The Balaban J connectivity index is 2.30. The van der Waals surface area contributed by atoms with E-state index in [-0.39, 0.29) is 0 Å². The van der Waals surface area contributed by atoms with Crippen molar-refractivity contribution in [3.05, 3.63) is 30.5 Å². The van der Waals surface area contributed by atoms with E-state index in [1.54, 1.807) is 12.3 Å². The number of H-pyrrole nitrogens is 1. The zero-order valence-electron chi connectivity index (χ0n) is 7.77. The molecular weight excluding hydrogens is 192 g/mol. The number of para-hydroxylation sites is 1. The van der Waals surface area contributed by atoms with Gasteiger partial charge in [0.1, 0.15) is 0 Å². The predicted octanol–water partition coefficient (Wildman–Crippen LogP) is 1.80. The summed E-state index contributed by atoms with van der Waals surface area (Å²) in [5, 5.41) is 11.6. The summed E-state index contributed by atoms with van der Waals surface area (Å²) < 4.78 is 5.11. The Morgan fingerprint density at radius 1 is 1.33 bits per heavy atom. The fourth-order valence-electron chi connectivity index (χ4n) is 1.59. The van der Waals surface area contributed by atoms with Crippen LogP contribution in [0.1, 0.15) is 0 Å². The summed E-state index contributed by atoms with van der Waals surface area (Å²) in [6.45, 7) is 0. The molecule has 15 heavy (non-hydrogen) atoms. The van der Waals surface area contributed by atoms with E-state index in [4.69, 9.17) is 10.3 Å². The van der Waals surface area contributed by atoms with Gasteiger partial charge in [-0.2, -0.15) is 5.10 Å². The summed E-state index contributed by atoms with van der Waals surface area (Å²) in [4.78, 5) is 0. The number of rotatable bonds is 1. The predicted molar refractivity (Wildman–Crippen MR) is 56.0 cm³/mol. The maximum absolute atomic E-state index is 5.50. The minimum atomic E-state index is 0.376. The van der Waals surface area contributed by atoms with Crippen molar-refractivity contribution in [2.75, 3.05) is 5.73 Å². The molecule has 2 heterocycles. The second kappa shape index (κ2) is 2.84. The lowest BCUT2D eigenvalue weighted by Crippen LogP contribution is -1.80. The van der Waals surface area contributed by atoms with Crippen LogP contribution in [0.25, 0.3) is 22.2 Å². The molecule has 3 aromatic rings. The highest BCUT2D eigenvalue weighted by Gasteiger charge is 2.09. The van der Waals surface area contributed by atoms with Gasteiger partial charge in [-0.3, -0.25) is 5.10 Å². The molecule has 3 rings (SSSR count). The lowest BCUT2D eigenvalue weighted by molar-refractivity contribution is 0.436. The number of hydrogen-bond donors (Lipinski definition) is 2. The van der Waals surface area contributed by atoms with Gasteiger partial charge >= 0.3 is 0 Å². The van der Waals surface area contributed by atoms with Crippen molar-refractivity contribution >= 4 is 16.7 Å². The molecule has 0 saturated heterocycles. The summed E-state index contributed by atoms with van der Waals surface area (Å²) in [5.74, 6) is 1.02. The fourth-order valence-corrected chi connectivity index (χ4v) is 1.59. The highest BCUT2D eigenvalue weighted by molar-refractivity contribution is 5.92. The van der Waals surface area contributed by atoms with Crippen molar-refractivity contribution in [3.8, 4) is 11.3 Å². The first kappa shape index (κ1) is 8.05. The fraction of sp³-hybridized carbons (Fsp3) is 0. The molecule has 2 aromatic heterocycles. The van der Waals surface area contributed by atoms with Crippen LogP contribution < -0.4 is 5.73 Å². The summed E-state index contributed by atoms with van der Waals surface area (Å²) in [7, 11) is 0. The molecule has 0 amide bonds. The van der Waals surface area contributed by atoms with Crippen LogP contribution in [-0.2, 0) is 0 Å². The van der Waals surface area contributed by atoms with Crippen molar-refractivity contribution in [2.24, 2.45) is 0 Å². The lowest BCUT2D eigenvalue weighted by atomic mass is 10.1. The zero-order valence-corrected chi connectivity index (χ0v) is 7.77. The van der Waals surface area contributed by atoms with E-state index < -0.39 is 0 Å². The summed E-state index contributed by atoms with van der Waals surface area (Å²) >= 11 is 0. The van der Waals surface area contributed by atoms with Gasteiger partial charge in [0.05, 0.1) is 11.7 Å². The van der Waals surface area contributed by atoms with Crippen LogP contribution in [-0.4, -0.2) is 15.4 Å². The van der Waals surface area contributed by atoms with Gasteiger partial charge < -0.3 is 10.3 Å². The molecule has 0 unspecified atom stereocenters. The van der Waals surface area contributed by atoms with E-state index in [1.165, 1.54) is 0 Å². The smallest absolute Gasteiger partial charge is 0.171 e.